The van der Waals surface area contributed by atoms with Crippen molar-refractivity contribution in [2.75, 3.05) is 0 Å². The SMILES string of the molecule is CC(c1ccc(Br)cc1)(c1cc(=O)[nH][nH]1)C1CC1. The molecule has 0 amide bonds. The van der Waals surface area contributed by atoms with E-state index < -0.39 is 0 Å². The van der Waals surface area contributed by atoms with Crippen LogP contribution in [0.5, 0.6) is 0 Å². The van der Waals surface area contributed by atoms with Crippen molar-refractivity contribution in [3.8, 4) is 0 Å². The Morgan fingerprint density at radius 2 is 1.89 bits per heavy atom. The van der Waals surface area contributed by atoms with Gasteiger partial charge in [0.1, 0.15) is 0 Å². The molecule has 0 saturated heterocycles. The minimum atomic E-state index is -0.0974. The van der Waals surface area contributed by atoms with Crippen LogP contribution in [0.2, 0.25) is 0 Å². The number of H-pyrrole nitrogens is 2. The molecular weight excluding hydrogens is 292 g/mol. The van der Waals surface area contributed by atoms with E-state index in [2.05, 4.69) is 57.3 Å². The van der Waals surface area contributed by atoms with Gasteiger partial charge in [-0.2, -0.15) is 0 Å². The smallest absolute Gasteiger partial charge is 0.264 e. The molecule has 0 radical (unpaired) electrons. The maximum Gasteiger partial charge on any atom is 0.264 e. The standard InChI is InChI=1S/C14H15BrN2O/c1-14(9-2-3-9,12-8-13(18)17-16-12)10-4-6-11(15)7-5-10/h4-9H,2-3H2,1H3,(H2,16,17,18). The monoisotopic (exact) mass is 306 g/mol. The van der Waals surface area contributed by atoms with E-state index in [1.54, 1.807) is 6.07 Å². The third-order valence-corrected chi connectivity index (χ3v) is 4.52. The first-order valence-electron chi connectivity index (χ1n) is 6.15. The van der Waals surface area contributed by atoms with Gasteiger partial charge < -0.3 is 5.10 Å². The first-order valence-corrected chi connectivity index (χ1v) is 6.94. The summed E-state index contributed by atoms with van der Waals surface area (Å²) in [5, 5.41) is 5.68. The molecule has 1 fully saturated rings. The van der Waals surface area contributed by atoms with Gasteiger partial charge in [-0.15, -0.1) is 0 Å². The van der Waals surface area contributed by atoms with Crippen LogP contribution in [0.3, 0.4) is 0 Å². The van der Waals surface area contributed by atoms with E-state index in [9.17, 15) is 4.79 Å². The molecule has 4 heteroatoms. The lowest BCUT2D eigenvalue weighted by Gasteiger charge is -2.29. The fraction of sp³-hybridized carbons (Fsp3) is 0.357. The van der Waals surface area contributed by atoms with E-state index in [-0.39, 0.29) is 11.0 Å². The highest BCUT2D eigenvalue weighted by Crippen LogP contribution is 2.50. The van der Waals surface area contributed by atoms with Gasteiger partial charge in [0.2, 0.25) is 0 Å². The van der Waals surface area contributed by atoms with E-state index in [0.29, 0.717) is 5.92 Å². The Morgan fingerprint density at radius 3 is 2.39 bits per heavy atom. The van der Waals surface area contributed by atoms with Crippen molar-refractivity contribution in [2.24, 2.45) is 5.92 Å². The summed E-state index contributed by atoms with van der Waals surface area (Å²) in [6.07, 6.45) is 2.44. The van der Waals surface area contributed by atoms with Crippen molar-refractivity contribution < 1.29 is 0 Å². The van der Waals surface area contributed by atoms with Gasteiger partial charge in [-0.25, -0.2) is 0 Å². The maximum absolute atomic E-state index is 11.4. The fourth-order valence-electron chi connectivity index (χ4n) is 2.68. The Hall–Kier alpha value is -1.29. The quantitative estimate of drug-likeness (QED) is 0.899. The number of hydrogen-bond acceptors (Lipinski definition) is 1. The van der Waals surface area contributed by atoms with E-state index in [0.717, 1.165) is 10.2 Å². The van der Waals surface area contributed by atoms with Crippen LogP contribution in [0.15, 0.2) is 39.6 Å². The molecular formula is C14H15BrN2O. The van der Waals surface area contributed by atoms with Gasteiger partial charge >= 0.3 is 0 Å². The Kier molecular flexibility index (Phi) is 2.70. The molecule has 1 heterocycles. The van der Waals surface area contributed by atoms with E-state index in [1.165, 1.54) is 18.4 Å². The molecule has 1 atom stereocenters. The van der Waals surface area contributed by atoms with Crippen LogP contribution in [-0.4, -0.2) is 10.2 Å². The van der Waals surface area contributed by atoms with E-state index >= 15 is 0 Å². The van der Waals surface area contributed by atoms with Crippen molar-refractivity contribution in [3.05, 3.63) is 56.4 Å². The second-order valence-corrected chi connectivity index (χ2v) is 6.07. The van der Waals surface area contributed by atoms with E-state index in [1.807, 2.05) is 0 Å². The van der Waals surface area contributed by atoms with Crippen LogP contribution in [0.25, 0.3) is 0 Å². The molecule has 0 aliphatic heterocycles. The second-order valence-electron chi connectivity index (χ2n) is 5.16. The Labute approximate surface area is 114 Å². The van der Waals surface area contributed by atoms with Crippen molar-refractivity contribution >= 4 is 15.9 Å². The first kappa shape index (κ1) is 11.8. The highest BCUT2D eigenvalue weighted by atomic mass is 79.9. The first-order chi connectivity index (χ1) is 8.60. The van der Waals surface area contributed by atoms with Crippen LogP contribution in [0, 0.1) is 5.92 Å². The zero-order chi connectivity index (χ0) is 12.8. The maximum atomic E-state index is 11.4. The lowest BCUT2D eigenvalue weighted by Crippen LogP contribution is -2.27. The molecule has 18 heavy (non-hydrogen) atoms. The number of halogens is 1. The summed E-state index contributed by atoms with van der Waals surface area (Å²) >= 11 is 3.46. The zero-order valence-corrected chi connectivity index (χ0v) is 11.8. The number of hydrogen-bond donors (Lipinski definition) is 2. The highest BCUT2D eigenvalue weighted by molar-refractivity contribution is 9.10. The van der Waals surface area contributed by atoms with Crippen molar-refractivity contribution in [1.82, 2.24) is 10.2 Å². The molecule has 0 bridgehead atoms. The highest BCUT2D eigenvalue weighted by Gasteiger charge is 2.45. The molecule has 1 aromatic carbocycles. The number of nitrogens with one attached hydrogen (secondary N) is 2. The summed E-state index contributed by atoms with van der Waals surface area (Å²) in [6.45, 7) is 2.22. The van der Waals surface area contributed by atoms with Crippen molar-refractivity contribution in [1.29, 1.82) is 0 Å². The van der Waals surface area contributed by atoms with Crippen LogP contribution in [0.1, 0.15) is 31.0 Å². The predicted molar refractivity (Wildman–Crippen MR) is 74.7 cm³/mol. The normalized spacial score (nSPS) is 18.6. The van der Waals surface area contributed by atoms with Gasteiger partial charge in [0, 0.05) is 21.6 Å². The van der Waals surface area contributed by atoms with Gasteiger partial charge in [-0.05, 0) is 43.4 Å². The van der Waals surface area contributed by atoms with E-state index in [4.69, 9.17) is 0 Å². The molecule has 1 aliphatic carbocycles. The second kappa shape index (κ2) is 4.12. The number of aromatic amines is 2. The predicted octanol–water partition coefficient (Wildman–Crippen LogP) is 3.18. The van der Waals surface area contributed by atoms with Crippen LogP contribution in [-0.2, 0) is 5.41 Å². The lowest BCUT2D eigenvalue weighted by molar-refractivity contribution is 0.479. The minimum Gasteiger partial charge on any atom is -0.301 e. The Balaban J connectivity index is 2.11. The van der Waals surface area contributed by atoms with Crippen molar-refractivity contribution in [2.45, 2.75) is 25.2 Å². The zero-order valence-electron chi connectivity index (χ0n) is 10.2. The van der Waals surface area contributed by atoms with Crippen LogP contribution in [0.4, 0.5) is 0 Å². The van der Waals surface area contributed by atoms with Gasteiger partial charge in [-0.3, -0.25) is 9.89 Å². The summed E-state index contributed by atoms with van der Waals surface area (Å²) in [7, 11) is 0. The molecule has 1 aromatic heterocycles. The molecule has 1 saturated carbocycles. The van der Waals surface area contributed by atoms with Gasteiger partial charge in [0.05, 0.1) is 0 Å². The fourth-order valence-corrected chi connectivity index (χ4v) is 2.94. The number of aromatic nitrogens is 2. The molecule has 2 N–H and O–H groups in total. The Bertz CT molecular complexity index is 609. The van der Waals surface area contributed by atoms with Crippen molar-refractivity contribution in [3.63, 3.8) is 0 Å². The van der Waals surface area contributed by atoms with Crippen LogP contribution < -0.4 is 5.56 Å². The summed E-state index contributed by atoms with van der Waals surface area (Å²) in [5.41, 5.74) is 2.08. The average molecular weight is 307 g/mol. The van der Waals surface area contributed by atoms with Gasteiger partial charge in [0.25, 0.3) is 5.56 Å². The lowest BCUT2D eigenvalue weighted by atomic mass is 9.75. The molecule has 0 spiro atoms. The largest absolute Gasteiger partial charge is 0.301 e. The van der Waals surface area contributed by atoms with Gasteiger partial charge in [-0.1, -0.05) is 28.1 Å². The molecule has 1 aliphatic rings. The molecule has 3 nitrogen and oxygen atoms in total. The third-order valence-electron chi connectivity index (χ3n) is 3.99. The minimum absolute atomic E-state index is 0.0611. The topological polar surface area (TPSA) is 48.6 Å². The molecule has 94 valence electrons. The summed E-state index contributed by atoms with van der Waals surface area (Å²) < 4.78 is 1.08. The summed E-state index contributed by atoms with van der Waals surface area (Å²) in [6, 6.07) is 10.1. The Morgan fingerprint density at radius 1 is 1.22 bits per heavy atom. The third kappa shape index (κ3) is 1.85. The number of rotatable bonds is 3. The summed E-state index contributed by atoms with van der Waals surface area (Å²) in [4.78, 5) is 11.4. The molecule has 3 rings (SSSR count). The molecule has 2 aromatic rings. The molecule has 1 unspecified atom stereocenters. The average Bonchev–Trinajstić information content (AvgIpc) is 3.12. The number of benzene rings is 1. The van der Waals surface area contributed by atoms with Crippen LogP contribution >= 0.6 is 15.9 Å². The van der Waals surface area contributed by atoms with Gasteiger partial charge in [0.15, 0.2) is 0 Å². The summed E-state index contributed by atoms with van der Waals surface area (Å²) in [5.74, 6) is 0.616.